The Morgan fingerprint density at radius 1 is 1.37 bits per heavy atom. The average molecular weight is 261 g/mol. The average Bonchev–Trinajstić information content (AvgIpc) is 2.36. The Labute approximate surface area is 117 Å². The van der Waals surface area contributed by atoms with E-state index in [1.165, 1.54) is 24.8 Å². The summed E-state index contributed by atoms with van der Waals surface area (Å²) < 4.78 is 0. The summed E-state index contributed by atoms with van der Waals surface area (Å²) in [5.74, 6) is 1.02. The zero-order valence-corrected chi connectivity index (χ0v) is 12.7. The fourth-order valence-corrected chi connectivity index (χ4v) is 3.83. The van der Waals surface area contributed by atoms with Crippen LogP contribution >= 0.6 is 0 Å². The highest BCUT2D eigenvalue weighted by atomic mass is 16.3. The molecule has 1 aliphatic heterocycles. The van der Waals surface area contributed by atoms with Crippen LogP contribution in [0.2, 0.25) is 0 Å². The van der Waals surface area contributed by atoms with Crippen LogP contribution in [-0.2, 0) is 5.41 Å². The molecular formula is C17H27NO. The fraction of sp³-hybridized carbons (Fsp3) is 0.647. The molecule has 0 aromatic heterocycles. The van der Waals surface area contributed by atoms with Crippen molar-refractivity contribution in [3.05, 3.63) is 29.8 Å². The lowest BCUT2D eigenvalue weighted by Gasteiger charge is -2.49. The number of benzene rings is 1. The van der Waals surface area contributed by atoms with Crippen molar-refractivity contribution in [3.8, 4) is 5.75 Å². The predicted molar refractivity (Wildman–Crippen MR) is 80.6 cm³/mol. The largest absolute Gasteiger partial charge is 0.508 e. The molecule has 0 bridgehead atoms. The normalized spacial score (nSPS) is 32.4. The van der Waals surface area contributed by atoms with Gasteiger partial charge in [0.2, 0.25) is 0 Å². The topological polar surface area (TPSA) is 23.5 Å². The van der Waals surface area contributed by atoms with Gasteiger partial charge in [-0.25, -0.2) is 0 Å². The van der Waals surface area contributed by atoms with Gasteiger partial charge < -0.3 is 10.0 Å². The highest BCUT2D eigenvalue weighted by molar-refractivity contribution is 5.34. The van der Waals surface area contributed by atoms with Crippen molar-refractivity contribution in [2.75, 3.05) is 13.6 Å². The molecule has 3 atom stereocenters. The van der Waals surface area contributed by atoms with Gasteiger partial charge in [-0.15, -0.1) is 0 Å². The van der Waals surface area contributed by atoms with Crippen molar-refractivity contribution in [2.45, 2.75) is 51.5 Å². The molecule has 0 amide bonds. The minimum atomic E-state index is 0.222. The molecule has 1 N–H and O–H groups in total. The number of nitrogens with zero attached hydrogens (tertiary/aromatic N) is 1. The van der Waals surface area contributed by atoms with E-state index in [2.05, 4.69) is 38.8 Å². The molecular weight excluding hydrogens is 234 g/mol. The van der Waals surface area contributed by atoms with E-state index >= 15 is 0 Å². The zero-order valence-electron chi connectivity index (χ0n) is 12.7. The molecule has 2 rings (SSSR count). The third-order valence-corrected chi connectivity index (χ3v) is 5.03. The van der Waals surface area contributed by atoms with Crippen LogP contribution < -0.4 is 0 Å². The van der Waals surface area contributed by atoms with Gasteiger partial charge in [0.15, 0.2) is 0 Å². The minimum absolute atomic E-state index is 0.222. The van der Waals surface area contributed by atoms with Crippen LogP contribution in [-0.4, -0.2) is 29.6 Å². The number of piperidine rings is 1. The van der Waals surface area contributed by atoms with E-state index in [0.29, 0.717) is 17.7 Å². The first-order chi connectivity index (χ1) is 8.99. The van der Waals surface area contributed by atoms with Crippen LogP contribution in [0.15, 0.2) is 24.3 Å². The molecule has 2 nitrogen and oxygen atoms in total. The van der Waals surface area contributed by atoms with Crippen LogP contribution in [0.5, 0.6) is 5.75 Å². The van der Waals surface area contributed by atoms with Gasteiger partial charge in [0, 0.05) is 18.0 Å². The molecule has 0 saturated carbocycles. The van der Waals surface area contributed by atoms with Gasteiger partial charge in [0.1, 0.15) is 5.75 Å². The Bertz CT molecular complexity index is 431. The highest BCUT2D eigenvalue weighted by Crippen LogP contribution is 2.45. The summed E-state index contributed by atoms with van der Waals surface area (Å²) in [6.07, 6.45) is 3.58. The molecule has 1 aromatic carbocycles. The van der Waals surface area contributed by atoms with Crippen molar-refractivity contribution >= 4 is 0 Å². The number of hydrogen-bond donors (Lipinski definition) is 1. The fourth-order valence-electron chi connectivity index (χ4n) is 3.83. The van der Waals surface area contributed by atoms with Crippen LogP contribution in [0.1, 0.15) is 45.6 Å². The van der Waals surface area contributed by atoms with Crippen molar-refractivity contribution in [3.63, 3.8) is 0 Å². The molecule has 19 heavy (non-hydrogen) atoms. The lowest BCUT2D eigenvalue weighted by atomic mass is 9.62. The summed E-state index contributed by atoms with van der Waals surface area (Å²) in [5.41, 5.74) is 1.54. The van der Waals surface area contributed by atoms with E-state index < -0.39 is 0 Å². The van der Waals surface area contributed by atoms with E-state index in [1.54, 1.807) is 6.07 Å². The molecule has 1 fully saturated rings. The molecule has 0 spiro atoms. The first-order valence-corrected chi connectivity index (χ1v) is 7.49. The zero-order chi connectivity index (χ0) is 14.0. The van der Waals surface area contributed by atoms with Gasteiger partial charge in [-0.2, -0.15) is 0 Å². The van der Waals surface area contributed by atoms with Gasteiger partial charge in [-0.05, 0) is 50.4 Å². The first-order valence-electron chi connectivity index (χ1n) is 7.49. The Hall–Kier alpha value is -1.02. The van der Waals surface area contributed by atoms with Gasteiger partial charge >= 0.3 is 0 Å². The Morgan fingerprint density at radius 3 is 2.74 bits per heavy atom. The van der Waals surface area contributed by atoms with Gasteiger partial charge in [-0.1, -0.05) is 32.4 Å². The van der Waals surface area contributed by atoms with Crippen LogP contribution in [0.4, 0.5) is 0 Å². The molecule has 1 aromatic rings. The summed E-state index contributed by atoms with van der Waals surface area (Å²) in [6.45, 7) is 8.08. The van der Waals surface area contributed by atoms with E-state index in [9.17, 15) is 5.11 Å². The minimum Gasteiger partial charge on any atom is -0.508 e. The number of rotatable bonds is 3. The molecule has 106 valence electrons. The first kappa shape index (κ1) is 14.4. The van der Waals surface area contributed by atoms with E-state index in [-0.39, 0.29) is 5.41 Å². The second kappa shape index (κ2) is 5.54. The number of likely N-dealkylation sites (tertiary alicyclic amines) is 1. The maximum absolute atomic E-state index is 9.82. The van der Waals surface area contributed by atoms with Crippen LogP contribution in [0.25, 0.3) is 0 Å². The van der Waals surface area contributed by atoms with Gasteiger partial charge in [0.05, 0.1) is 0 Å². The summed E-state index contributed by atoms with van der Waals surface area (Å²) in [6, 6.07) is 8.53. The third kappa shape index (κ3) is 2.64. The van der Waals surface area contributed by atoms with Crippen LogP contribution in [0.3, 0.4) is 0 Å². The second-order valence-electron chi connectivity index (χ2n) is 6.35. The quantitative estimate of drug-likeness (QED) is 0.895. The number of phenolic OH excluding ortho intramolecular Hbond substituents is 1. The second-order valence-corrected chi connectivity index (χ2v) is 6.35. The van der Waals surface area contributed by atoms with Gasteiger partial charge in [0.25, 0.3) is 0 Å². The summed E-state index contributed by atoms with van der Waals surface area (Å²) >= 11 is 0. The Morgan fingerprint density at radius 2 is 2.11 bits per heavy atom. The maximum Gasteiger partial charge on any atom is 0.115 e. The molecule has 1 saturated heterocycles. The van der Waals surface area contributed by atoms with E-state index in [0.717, 1.165) is 6.54 Å². The van der Waals surface area contributed by atoms with Gasteiger partial charge in [-0.3, -0.25) is 0 Å². The van der Waals surface area contributed by atoms with Crippen LogP contribution in [0, 0.1) is 5.92 Å². The summed E-state index contributed by atoms with van der Waals surface area (Å²) in [4.78, 5) is 2.46. The molecule has 0 aliphatic carbocycles. The molecule has 1 aliphatic rings. The van der Waals surface area contributed by atoms with E-state index in [1.807, 2.05) is 12.1 Å². The molecule has 0 radical (unpaired) electrons. The summed E-state index contributed by atoms with van der Waals surface area (Å²) in [5, 5.41) is 9.82. The number of phenols is 1. The van der Waals surface area contributed by atoms with Crippen molar-refractivity contribution in [2.24, 2.45) is 5.92 Å². The SMILES string of the molecule is CCCC1(c2cccc(O)c2)CC(C)N(C)CC1C. The maximum atomic E-state index is 9.82. The lowest BCUT2D eigenvalue weighted by molar-refractivity contribution is 0.0683. The third-order valence-electron chi connectivity index (χ3n) is 5.03. The standard InChI is InChI=1S/C17H27NO/c1-5-9-17(15-7-6-8-16(19)10-15)11-14(3)18(4)12-13(17)2/h6-8,10,13-14,19H,5,9,11-12H2,1-4H3. The summed E-state index contributed by atoms with van der Waals surface area (Å²) in [7, 11) is 2.22. The number of aromatic hydroxyl groups is 1. The number of hydrogen-bond acceptors (Lipinski definition) is 2. The Balaban J connectivity index is 2.42. The monoisotopic (exact) mass is 261 g/mol. The van der Waals surface area contributed by atoms with Crippen molar-refractivity contribution < 1.29 is 5.11 Å². The highest BCUT2D eigenvalue weighted by Gasteiger charge is 2.43. The molecule has 3 unspecified atom stereocenters. The van der Waals surface area contributed by atoms with Crippen molar-refractivity contribution in [1.82, 2.24) is 4.90 Å². The molecule has 1 heterocycles. The van der Waals surface area contributed by atoms with E-state index in [4.69, 9.17) is 0 Å². The molecule has 2 heteroatoms. The smallest absolute Gasteiger partial charge is 0.115 e. The van der Waals surface area contributed by atoms with Crippen molar-refractivity contribution in [1.29, 1.82) is 0 Å². The lowest BCUT2D eigenvalue weighted by Crippen LogP contribution is -2.51. The Kier molecular flexibility index (Phi) is 4.19. The predicted octanol–water partition coefficient (Wildman–Crippen LogP) is 3.79.